The van der Waals surface area contributed by atoms with Gasteiger partial charge in [-0.05, 0) is 12.3 Å². The third kappa shape index (κ3) is 4.50. The number of thioether (sulfide) groups is 1. The fourth-order valence-electron chi connectivity index (χ4n) is 1.12. The molecule has 0 fully saturated rings. The molecule has 0 aromatic carbocycles. The summed E-state index contributed by atoms with van der Waals surface area (Å²) in [5.74, 6) is 1.57. The summed E-state index contributed by atoms with van der Waals surface area (Å²) in [4.78, 5) is 14.8. The third-order valence-electron chi connectivity index (χ3n) is 1.93. The molecular formula is C9H17N3OS. The molecule has 5 heteroatoms. The summed E-state index contributed by atoms with van der Waals surface area (Å²) in [6.45, 7) is 3.88. The highest BCUT2D eigenvalue weighted by molar-refractivity contribution is 8.13. The number of primary amides is 1. The first-order chi connectivity index (χ1) is 6.68. The zero-order valence-electron chi connectivity index (χ0n) is 8.45. The van der Waals surface area contributed by atoms with Crippen LogP contribution in [0.2, 0.25) is 0 Å². The van der Waals surface area contributed by atoms with Gasteiger partial charge in [0.1, 0.15) is 0 Å². The second kappa shape index (κ2) is 5.90. The number of nitrogens with two attached hydrogens (primary N) is 1. The quantitative estimate of drug-likeness (QED) is 0.674. The molecule has 1 rings (SSSR count). The van der Waals surface area contributed by atoms with Crippen LogP contribution in [-0.4, -0.2) is 29.9 Å². The Balaban J connectivity index is 2.10. The molecule has 0 saturated carbocycles. The first-order valence-corrected chi connectivity index (χ1v) is 5.86. The van der Waals surface area contributed by atoms with E-state index in [-0.39, 0.29) is 5.91 Å². The molecule has 0 spiro atoms. The lowest BCUT2D eigenvalue weighted by molar-refractivity contribution is -0.118. The molecule has 14 heavy (non-hydrogen) atoms. The van der Waals surface area contributed by atoms with Gasteiger partial charge in [-0.15, -0.1) is 0 Å². The van der Waals surface area contributed by atoms with E-state index in [4.69, 9.17) is 5.73 Å². The van der Waals surface area contributed by atoms with Crippen LogP contribution < -0.4 is 11.1 Å². The van der Waals surface area contributed by atoms with Crippen LogP contribution in [0.5, 0.6) is 0 Å². The molecule has 0 aromatic rings. The number of nitrogens with zero attached hydrogens (tertiary/aromatic N) is 1. The Hall–Kier alpha value is -0.710. The predicted octanol–water partition coefficient (Wildman–Crippen LogP) is 0.580. The summed E-state index contributed by atoms with van der Waals surface area (Å²) in [6.07, 6.45) is 1.23. The second-order valence-electron chi connectivity index (χ2n) is 3.56. The number of rotatable bonds is 4. The molecule has 1 aliphatic heterocycles. The minimum absolute atomic E-state index is 0.237. The third-order valence-corrected chi connectivity index (χ3v) is 3.21. The van der Waals surface area contributed by atoms with E-state index < -0.39 is 0 Å². The highest BCUT2D eigenvalue weighted by atomic mass is 32.2. The Labute approximate surface area is 88.7 Å². The van der Waals surface area contributed by atoms with Gasteiger partial charge < -0.3 is 11.1 Å². The molecule has 0 bridgehead atoms. The van der Waals surface area contributed by atoms with Crippen LogP contribution in [0.1, 0.15) is 19.8 Å². The summed E-state index contributed by atoms with van der Waals surface area (Å²) < 4.78 is 0. The Morgan fingerprint density at radius 3 is 3.14 bits per heavy atom. The van der Waals surface area contributed by atoms with Crippen molar-refractivity contribution in [1.29, 1.82) is 0 Å². The number of amides is 1. The number of carbonyl (C=O) groups is 1. The van der Waals surface area contributed by atoms with Crippen molar-refractivity contribution in [3.8, 4) is 0 Å². The van der Waals surface area contributed by atoms with Crippen molar-refractivity contribution in [2.75, 3.05) is 18.8 Å². The van der Waals surface area contributed by atoms with Crippen LogP contribution in [0.3, 0.4) is 0 Å². The van der Waals surface area contributed by atoms with Gasteiger partial charge in [-0.3, -0.25) is 9.79 Å². The normalized spacial score (nSPS) is 21.5. The summed E-state index contributed by atoms with van der Waals surface area (Å²) in [5, 5.41) is 4.21. The second-order valence-corrected chi connectivity index (χ2v) is 4.57. The van der Waals surface area contributed by atoms with E-state index in [1.807, 2.05) is 0 Å². The number of hydrogen-bond donors (Lipinski definition) is 2. The minimum atomic E-state index is -0.237. The van der Waals surface area contributed by atoms with Crippen LogP contribution in [0.15, 0.2) is 4.99 Å². The maximum atomic E-state index is 10.5. The van der Waals surface area contributed by atoms with Gasteiger partial charge in [0.2, 0.25) is 5.91 Å². The Kier molecular flexibility index (Phi) is 4.79. The van der Waals surface area contributed by atoms with Crippen molar-refractivity contribution < 1.29 is 4.79 Å². The van der Waals surface area contributed by atoms with Crippen LogP contribution in [0, 0.1) is 5.92 Å². The van der Waals surface area contributed by atoms with Crippen LogP contribution in [0.4, 0.5) is 0 Å². The highest BCUT2D eigenvalue weighted by Crippen LogP contribution is 2.15. The topological polar surface area (TPSA) is 67.5 Å². The van der Waals surface area contributed by atoms with Gasteiger partial charge in [0, 0.05) is 25.3 Å². The lowest BCUT2D eigenvalue weighted by Gasteiger charge is -2.17. The van der Waals surface area contributed by atoms with E-state index in [9.17, 15) is 4.79 Å². The zero-order valence-corrected chi connectivity index (χ0v) is 9.27. The summed E-state index contributed by atoms with van der Waals surface area (Å²) >= 11 is 1.75. The zero-order chi connectivity index (χ0) is 10.4. The Morgan fingerprint density at radius 2 is 2.57 bits per heavy atom. The Bertz CT molecular complexity index is 230. The number of nitrogens with one attached hydrogen (secondary N) is 1. The van der Waals surface area contributed by atoms with E-state index >= 15 is 0 Å². The molecule has 0 saturated heterocycles. The lowest BCUT2D eigenvalue weighted by atomic mass is 10.2. The summed E-state index contributed by atoms with van der Waals surface area (Å²) in [5.41, 5.74) is 5.03. The summed E-state index contributed by atoms with van der Waals surface area (Å²) in [6, 6.07) is 0. The predicted molar refractivity (Wildman–Crippen MR) is 60.4 cm³/mol. The lowest BCUT2D eigenvalue weighted by Crippen LogP contribution is -2.27. The molecular weight excluding hydrogens is 198 g/mol. The molecule has 1 unspecified atom stereocenters. The molecule has 0 radical (unpaired) electrons. The largest absolute Gasteiger partial charge is 0.370 e. The van der Waals surface area contributed by atoms with Gasteiger partial charge in [0.05, 0.1) is 0 Å². The van der Waals surface area contributed by atoms with Crippen molar-refractivity contribution in [2.45, 2.75) is 19.8 Å². The fourth-order valence-corrected chi connectivity index (χ4v) is 2.04. The van der Waals surface area contributed by atoms with E-state index in [0.717, 1.165) is 30.4 Å². The maximum absolute atomic E-state index is 10.5. The molecule has 0 aliphatic carbocycles. The average Bonchev–Trinajstić information content (AvgIpc) is 2.15. The van der Waals surface area contributed by atoms with Gasteiger partial charge >= 0.3 is 0 Å². The van der Waals surface area contributed by atoms with E-state index in [1.54, 1.807) is 11.8 Å². The first-order valence-electron chi connectivity index (χ1n) is 4.88. The molecule has 1 heterocycles. The molecule has 0 aromatic heterocycles. The minimum Gasteiger partial charge on any atom is -0.370 e. The van der Waals surface area contributed by atoms with Crippen LogP contribution in [-0.2, 0) is 4.79 Å². The summed E-state index contributed by atoms with van der Waals surface area (Å²) in [7, 11) is 0. The van der Waals surface area contributed by atoms with E-state index in [0.29, 0.717) is 12.3 Å². The van der Waals surface area contributed by atoms with Crippen LogP contribution >= 0.6 is 11.8 Å². The van der Waals surface area contributed by atoms with Crippen molar-refractivity contribution in [3.05, 3.63) is 0 Å². The maximum Gasteiger partial charge on any atom is 0.217 e. The molecule has 80 valence electrons. The average molecular weight is 215 g/mol. The number of aliphatic imine (C=N–C) groups is 1. The smallest absolute Gasteiger partial charge is 0.217 e. The van der Waals surface area contributed by atoms with Gasteiger partial charge in [-0.2, -0.15) is 0 Å². The van der Waals surface area contributed by atoms with E-state index in [1.165, 1.54) is 0 Å². The standard InChI is InChI=1S/C9H17N3OS/c1-7-5-12-9(14-6-7)11-4-2-3-8(10)13/h7H,2-6H2,1H3,(H2,10,13)(H,11,12). The first kappa shape index (κ1) is 11.4. The van der Waals surface area contributed by atoms with E-state index in [2.05, 4.69) is 17.2 Å². The monoisotopic (exact) mass is 215 g/mol. The van der Waals surface area contributed by atoms with Gasteiger partial charge in [0.25, 0.3) is 0 Å². The van der Waals surface area contributed by atoms with Crippen LogP contribution in [0.25, 0.3) is 0 Å². The highest BCUT2D eigenvalue weighted by Gasteiger charge is 2.11. The number of carbonyl (C=O) groups excluding carboxylic acids is 1. The number of amidine groups is 1. The van der Waals surface area contributed by atoms with Crippen molar-refractivity contribution in [1.82, 2.24) is 5.32 Å². The number of hydrogen-bond acceptors (Lipinski definition) is 4. The van der Waals surface area contributed by atoms with Crippen molar-refractivity contribution >= 4 is 22.8 Å². The van der Waals surface area contributed by atoms with Gasteiger partial charge in [0.15, 0.2) is 5.17 Å². The molecule has 3 N–H and O–H groups in total. The molecule has 1 aliphatic rings. The fraction of sp³-hybridized carbons (Fsp3) is 0.778. The van der Waals surface area contributed by atoms with Gasteiger partial charge in [-0.25, -0.2) is 0 Å². The van der Waals surface area contributed by atoms with Crippen molar-refractivity contribution in [2.24, 2.45) is 16.6 Å². The SMILES string of the molecule is CC1CN=C(NCCCC(N)=O)SC1. The van der Waals surface area contributed by atoms with Gasteiger partial charge in [-0.1, -0.05) is 18.7 Å². The molecule has 4 nitrogen and oxygen atoms in total. The molecule has 1 amide bonds. The molecule has 1 atom stereocenters. The van der Waals surface area contributed by atoms with Crippen molar-refractivity contribution in [3.63, 3.8) is 0 Å². The Morgan fingerprint density at radius 1 is 1.79 bits per heavy atom.